The van der Waals surface area contributed by atoms with E-state index in [9.17, 15) is 18.0 Å². The fourth-order valence-corrected chi connectivity index (χ4v) is 3.71. The SMILES string of the molecule is COc1nc(NC(=O)NS(=O)(=O)c2ccccc2C(=O)O)nc2c1CCCO2. The predicted octanol–water partition coefficient (Wildman–Crippen LogP) is 1.02. The van der Waals surface area contributed by atoms with E-state index in [1.807, 2.05) is 0 Å². The highest BCUT2D eigenvalue weighted by atomic mass is 32.2. The van der Waals surface area contributed by atoms with Gasteiger partial charge in [0.05, 0.1) is 24.8 Å². The standard InChI is InChI=1S/C16H16N4O7S/c1-26-12-10-6-4-8-27-13(10)18-15(17-12)19-16(23)20-28(24,25)11-7-3-2-5-9(11)14(21)22/h2-3,5,7H,4,6,8H2,1H3,(H,21,22)(H2,17,18,19,20,23). The summed E-state index contributed by atoms with van der Waals surface area (Å²) >= 11 is 0. The molecule has 0 radical (unpaired) electrons. The minimum absolute atomic E-state index is 0.207. The van der Waals surface area contributed by atoms with Gasteiger partial charge in [0.25, 0.3) is 10.0 Å². The minimum atomic E-state index is -4.45. The van der Waals surface area contributed by atoms with Crippen molar-refractivity contribution in [1.82, 2.24) is 14.7 Å². The molecule has 3 N–H and O–H groups in total. The van der Waals surface area contributed by atoms with Crippen LogP contribution in [0.5, 0.6) is 11.8 Å². The van der Waals surface area contributed by atoms with Gasteiger partial charge in [-0.3, -0.25) is 5.32 Å². The van der Waals surface area contributed by atoms with Crippen LogP contribution in [0.1, 0.15) is 22.3 Å². The van der Waals surface area contributed by atoms with E-state index in [1.54, 1.807) is 4.72 Å². The number of fused-ring (bicyclic) bond motifs is 1. The van der Waals surface area contributed by atoms with Crippen LogP contribution in [-0.4, -0.2) is 49.2 Å². The Hall–Kier alpha value is -3.41. The zero-order valence-electron chi connectivity index (χ0n) is 14.6. The quantitative estimate of drug-likeness (QED) is 0.657. The number of carbonyl (C=O) groups is 2. The molecule has 1 aliphatic heterocycles. The number of anilines is 1. The number of hydrogen-bond donors (Lipinski definition) is 3. The monoisotopic (exact) mass is 408 g/mol. The number of benzene rings is 1. The van der Waals surface area contributed by atoms with Crippen LogP contribution in [0.25, 0.3) is 0 Å². The summed E-state index contributed by atoms with van der Waals surface area (Å²) in [6, 6.07) is 3.73. The summed E-state index contributed by atoms with van der Waals surface area (Å²) in [4.78, 5) is 30.9. The topological polar surface area (TPSA) is 157 Å². The Labute approximate surface area is 159 Å². The van der Waals surface area contributed by atoms with Crippen molar-refractivity contribution in [3.63, 3.8) is 0 Å². The van der Waals surface area contributed by atoms with Crippen LogP contribution in [0.15, 0.2) is 29.2 Å². The van der Waals surface area contributed by atoms with E-state index in [0.717, 1.165) is 18.6 Å². The Balaban J connectivity index is 1.82. The van der Waals surface area contributed by atoms with E-state index in [4.69, 9.17) is 14.6 Å². The summed E-state index contributed by atoms with van der Waals surface area (Å²) in [7, 11) is -3.05. The number of aromatic nitrogens is 2. The zero-order valence-corrected chi connectivity index (χ0v) is 15.4. The predicted molar refractivity (Wildman–Crippen MR) is 95.1 cm³/mol. The number of nitrogens with one attached hydrogen (secondary N) is 2. The Morgan fingerprint density at radius 1 is 1.25 bits per heavy atom. The van der Waals surface area contributed by atoms with E-state index in [0.29, 0.717) is 18.6 Å². The summed E-state index contributed by atoms with van der Waals surface area (Å²) in [5.41, 5.74) is 0.186. The number of carboxylic acids is 1. The van der Waals surface area contributed by atoms with Gasteiger partial charge >= 0.3 is 12.0 Å². The highest BCUT2D eigenvalue weighted by Gasteiger charge is 2.25. The summed E-state index contributed by atoms with van der Waals surface area (Å²) in [6.07, 6.45) is 1.41. The third-order valence-electron chi connectivity index (χ3n) is 3.79. The van der Waals surface area contributed by atoms with E-state index in [2.05, 4.69) is 15.3 Å². The van der Waals surface area contributed by atoms with Gasteiger partial charge in [-0.25, -0.2) is 22.7 Å². The van der Waals surface area contributed by atoms with Gasteiger partial charge in [-0.2, -0.15) is 9.97 Å². The van der Waals surface area contributed by atoms with Crippen molar-refractivity contribution >= 4 is 28.0 Å². The first-order valence-corrected chi connectivity index (χ1v) is 9.54. The van der Waals surface area contributed by atoms with Gasteiger partial charge in [0, 0.05) is 0 Å². The van der Waals surface area contributed by atoms with Gasteiger partial charge in [-0.1, -0.05) is 12.1 Å². The third-order valence-corrected chi connectivity index (χ3v) is 5.18. The fourth-order valence-electron chi connectivity index (χ4n) is 2.60. The molecule has 0 aliphatic carbocycles. The lowest BCUT2D eigenvalue weighted by Crippen LogP contribution is -2.35. The molecule has 2 amide bonds. The Kier molecular flexibility index (Phi) is 5.31. The van der Waals surface area contributed by atoms with Crippen molar-refractivity contribution < 1.29 is 32.6 Å². The largest absolute Gasteiger partial charge is 0.481 e. The van der Waals surface area contributed by atoms with Crippen LogP contribution < -0.4 is 19.5 Å². The number of carboxylic acid groups (broad SMARTS) is 1. The lowest BCUT2D eigenvalue weighted by atomic mass is 10.1. The summed E-state index contributed by atoms with van der Waals surface area (Å²) < 4.78 is 37.1. The number of amides is 2. The second kappa shape index (κ2) is 7.68. The molecule has 2 heterocycles. The molecule has 2 aromatic rings. The second-order valence-corrected chi connectivity index (χ2v) is 7.30. The average Bonchev–Trinajstić information content (AvgIpc) is 2.66. The number of rotatable bonds is 5. The zero-order chi connectivity index (χ0) is 20.3. The minimum Gasteiger partial charge on any atom is -0.481 e. The van der Waals surface area contributed by atoms with Crippen LogP contribution in [0.4, 0.5) is 10.7 Å². The van der Waals surface area contributed by atoms with Gasteiger partial charge in [0.1, 0.15) is 4.90 Å². The molecule has 1 aromatic carbocycles. The van der Waals surface area contributed by atoms with Crippen molar-refractivity contribution in [3.05, 3.63) is 35.4 Å². The summed E-state index contributed by atoms with van der Waals surface area (Å²) in [5, 5.41) is 11.3. The summed E-state index contributed by atoms with van der Waals surface area (Å²) in [5.74, 6) is -1.22. The second-order valence-electron chi connectivity index (χ2n) is 5.65. The first-order valence-electron chi connectivity index (χ1n) is 8.05. The Morgan fingerprint density at radius 2 is 2.00 bits per heavy atom. The maximum Gasteiger partial charge on any atom is 0.337 e. The van der Waals surface area contributed by atoms with E-state index in [-0.39, 0.29) is 17.7 Å². The molecular weight excluding hydrogens is 392 g/mol. The van der Waals surface area contributed by atoms with Crippen LogP contribution in [0, 0.1) is 0 Å². The number of aromatic carboxylic acids is 1. The maximum absolute atomic E-state index is 12.4. The highest BCUT2D eigenvalue weighted by molar-refractivity contribution is 7.90. The van der Waals surface area contributed by atoms with Gasteiger partial charge < -0.3 is 14.6 Å². The van der Waals surface area contributed by atoms with Gasteiger partial charge in [-0.15, -0.1) is 0 Å². The molecule has 0 saturated carbocycles. The van der Waals surface area contributed by atoms with Gasteiger partial charge in [0.15, 0.2) is 0 Å². The van der Waals surface area contributed by atoms with Crippen molar-refractivity contribution in [2.45, 2.75) is 17.7 Å². The molecule has 28 heavy (non-hydrogen) atoms. The lowest BCUT2D eigenvalue weighted by molar-refractivity contribution is 0.0692. The molecule has 0 bridgehead atoms. The van der Waals surface area contributed by atoms with Crippen LogP contribution >= 0.6 is 0 Å². The molecule has 0 saturated heterocycles. The van der Waals surface area contributed by atoms with E-state index < -0.39 is 32.5 Å². The smallest absolute Gasteiger partial charge is 0.337 e. The molecule has 1 aromatic heterocycles. The van der Waals surface area contributed by atoms with Gasteiger partial charge in [0.2, 0.25) is 17.7 Å². The van der Waals surface area contributed by atoms with Crippen LogP contribution in [0.2, 0.25) is 0 Å². The van der Waals surface area contributed by atoms with E-state index >= 15 is 0 Å². The van der Waals surface area contributed by atoms with Gasteiger partial charge in [-0.05, 0) is 25.0 Å². The number of ether oxygens (including phenoxy) is 2. The molecule has 0 atom stereocenters. The number of hydrogen-bond acceptors (Lipinski definition) is 8. The number of nitrogens with zero attached hydrogens (tertiary/aromatic N) is 2. The fraction of sp³-hybridized carbons (Fsp3) is 0.250. The van der Waals surface area contributed by atoms with Crippen molar-refractivity contribution in [2.75, 3.05) is 19.0 Å². The highest BCUT2D eigenvalue weighted by Crippen LogP contribution is 2.30. The molecule has 1 aliphatic rings. The Morgan fingerprint density at radius 3 is 2.71 bits per heavy atom. The number of urea groups is 1. The normalized spacial score (nSPS) is 13.0. The van der Waals surface area contributed by atoms with Crippen LogP contribution in [0.3, 0.4) is 0 Å². The molecule has 12 heteroatoms. The lowest BCUT2D eigenvalue weighted by Gasteiger charge is -2.18. The average molecular weight is 408 g/mol. The molecule has 0 fully saturated rings. The summed E-state index contributed by atoms with van der Waals surface area (Å²) in [6.45, 7) is 0.444. The Bertz CT molecular complexity index is 1020. The van der Waals surface area contributed by atoms with E-state index in [1.165, 1.54) is 19.2 Å². The van der Waals surface area contributed by atoms with Crippen molar-refractivity contribution in [1.29, 1.82) is 0 Å². The van der Waals surface area contributed by atoms with Crippen molar-refractivity contribution in [3.8, 4) is 11.8 Å². The third kappa shape index (κ3) is 3.96. The molecule has 0 unspecified atom stereocenters. The van der Waals surface area contributed by atoms with Crippen LogP contribution in [-0.2, 0) is 16.4 Å². The number of carbonyl (C=O) groups excluding carboxylic acids is 1. The number of sulfonamides is 1. The molecule has 3 rings (SSSR count). The number of methoxy groups -OCH3 is 1. The molecule has 11 nitrogen and oxygen atoms in total. The molecule has 0 spiro atoms. The molecule has 148 valence electrons. The first kappa shape index (κ1) is 19.4. The molecular formula is C16H16N4O7S. The first-order chi connectivity index (χ1) is 13.3. The maximum atomic E-state index is 12.4. The van der Waals surface area contributed by atoms with Crippen molar-refractivity contribution in [2.24, 2.45) is 0 Å².